The van der Waals surface area contributed by atoms with Crippen molar-refractivity contribution in [2.24, 2.45) is 10.9 Å². The highest BCUT2D eigenvalue weighted by Gasteiger charge is 2.27. The first-order chi connectivity index (χ1) is 13.0. The summed E-state index contributed by atoms with van der Waals surface area (Å²) in [6.07, 6.45) is 1.48. The summed E-state index contributed by atoms with van der Waals surface area (Å²) in [6.45, 7) is 1.96. The third kappa shape index (κ3) is 5.98. The van der Waals surface area contributed by atoms with E-state index in [0.29, 0.717) is 17.9 Å². The monoisotopic (exact) mass is 505 g/mol. The first kappa shape index (κ1) is 24.0. The normalized spacial score (nSPS) is 14.7. The molecular weight excluding hydrogens is 477 g/mol. The van der Waals surface area contributed by atoms with Crippen LogP contribution in [-0.4, -0.2) is 64.3 Å². The van der Waals surface area contributed by atoms with E-state index in [1.54, 1.807) is 19.2 Å². The number of ether oxygens (including phenoxy) is 3. The summed E-state index contributed by atoms with van der Waals surface area (Å²) in [4.78, 5) is 30.0. The molecule has 8 nitrogen and oxygen atoms in total. The fraction of sp³-hybridized carbons (Fsp3) is 0.526. The molecule has 0 saturated carbocycles. The Bertz CT molecular complexity index is 703. The number of aliphatic imine (C=N–C) groups is 1. The van der Waals surface area contributed by atoms with Gasteiger partial charge in [0.2, 0.25) is 0 Å². The molecule has 28 heavy (non-hydrogen) atoms. The molecule has 0 unspecified atom stereocenters. The number of carbonyl (C=O) groups excluding carboxylic acids is 2. The number of methoxy groups -OCH3 is 3. The highest BCUT2D eigenvalue weighted by atomic mass is 127. The van der Waals surface area contributed by atoms with Crippen molar-refractivity contribution >= 4 is 41.9 Å². The number of likely N-dealkylation sites (tertiary alicyclic amines) is 1. The average molecular weight is 505 g/mol. The molecule has 0 aliphatic carbocycles. The van der Waals surface area contributed by atoms with E-state index in [9.17, 15) is 9.59 Å². The van der Waals surface area contributed by atoms with E-state index in [4.69, 9.17) is 14.2 Å². The highest BCUT2D eigenvalue weighted by Crippen LogP contribution is 2.21. The summed E-state index contributed by atoms with van der Waals surface area (Å²) < 4.78 is 14.8. The molecule has 1 saturated heterocycles. The summed E-state index contributed by atoms with van der Waals surface area (Å²) in [5, 5.41) is 3.30. The van der Waals surface area contributed by atoms with Gasteiger partial charge in [0.25, 0.3) is 0 Å². The highest BCUT2D eigenvalue weighted by molar-refractivity contribution is 14.0. The van der Waals surface area contributed by atoms with Crippen LogP contribution >= 0.6 is 24.0 Å². The SMILES string of the molecule is CN=C(NCc1ccc(OC)c(C(=O)OC)c1)N1CCC(C(=O)OC)CC1.I. The number of piperidine rings is 1. The summed E-state index contributed by atoms with van der Waals surface area (Å²) in [5.74, 6) is 0.594. The number of hydrogen-bond donors (Lipinski definition) is 1. The number of hydrogen-bond acceptors (Lipinski definition) is 6. The molecule has 156 valence electrons. The number of nitrogens with one attached hydrogen (secondary N) is 1. The number of rotatable bonds is 5. The van der Waals surface area contributed by atoms with Gasteiger partial charge in [-0.3, -0.25) is 9.79 Å². The lowest BCUT2D eigenvalue weighted by Gasteiger charge is -2.33. The summed E-state index contributed by atoms with van der Waals surface area (Å²) >= 11 is 0. The van der Waals surface area contributed by atoms with Crippen molar-refractivity contribution in [3.05, 3.63) is 29.3 Å². The van der Waals surface area contributed by atoms with Crippen molar-refractivity contribution in [3.63, 3.8) is 0 Å². The lowest BCUT2D eigenvalue weighted by molar-refractivity contribution is -0.146. The van der Waals surface area contributed by atoms with Gasteiger partial charge in [-0.1, -0.05) is 6.07 Å². The maximum Gasteiger partial charge on any atom is 0.341 e. The zero-order valence-electron chi connectivity index (χ0n) is 16.7. The van der Waals surface area contributed by atoms with Gasteiger partial charge in [0.15, 0.2) is 5.96 Å². The minimum Gasteiger partial charge on any atom is -0.496 e. The fourth-order valence-electron chi connectivity index (χ4n) is 3.14. The van der Waals surface area contributed by atoms with E-state index in [2.05, 4.69) is 15.2 Å². The van der Waals surface area contributed by atoms with Gasteiger partial charge >= 0.3 is 11.9 Å². The molecule has 1 aromatic rings. The number of esters is 2. The fourth-order valence-corrected chi connectivity index (χ4v) is 3.14. The van der Waals surface area contributed by atoms with E-state index in [1.165, 1.54) is 21.3 Å². The lowest BCUT2D eigenvalue weighted by Crippen LogP contribution is -2.46. The second-order valence-electron chi connectivity index (χ2n) is 6.21. The third-order valence-electron chi connectivity index (χ3n) is 4.66. The number of halogens is 1. The summed E-state index contributed by atoms with van der Waals surface area (Å²) in [7, 11) is 6.00. The Hall–Kier alpha value is -2.04. The first-order valence-corrected chi connectivity index (χ1v) is 8.82. The van der Waals surface area contributed by atoms with Crippen LogP contribution in [0.4, 0.5) is 0 Å². The molecule has 1 aromatic carbocycles. The molecule has 1 heterocycles. The molecule has 1 aliphatic heterocycles. The largest absolute Gasteiger partial charge is 0.496 e. The average Bonchev–Trinajstić information content (AvgIpc) is 2.73. The molecule has 0 radical (unpaired) electrons. The Balaban J connectivity index is 0.00000392. The van der Waals surface area contributed by atoms with Crippen molar-refractivity contribution in [3.8, 4) is 5.75 Å². The Kier molecular flexibility index (Phi) is 10.0. The molecule has 1 aliphatic rings. The van der Waals surface area contributed by atoms with Gasteiger partial charge in [-0.15, -0.1) is 24.0 Å². The molecule has 1 fully saturated rings. The number of nitrogens with zero attached hydrogens (tertiary/aromatic N) is 2. The second-order valence-corrected chi connectivity index (χ2v) is 6.21. The van der Waals surface area contributed by atoms with Gasteiger partial charge in [-0.05, 0) is 30.5 Å². The third-order valence-corrected chi connectivity index (χ3v) is 4.66. The zero-order valence-corrected chi connectivity index (χ0v) is 19.0. The van der Waals surface area contributed by atoms with E-state index in [-0.39, 0.29) is 35.9 Å². The summed E-state index contributed by atoms with van der Waals surface area (Å²) in [5.41, 5.74) is 1.29. The lowest BCUT2D eigenvalue weighted by atomic mass is 9.97. The van der Waals surface area contributed by atoms with Crippen LogP contribution in [-0.2, 0) is 20.8 Å². The van der Waals surface area contributed by atoms with E-state index >= 15 is 0 Å². The Labute approximate surface area is 182 Å². The number of guanidine groups is 1. The Morgan fingerprint density at radius 2 is 1.86 bits per heavy atom. The minimum absolute atomic E-state index is 0. The molecule has 2 rings (SSSR count). The molecule has 0 amide bonds. The molecule has 1 N–H and O–H groups in total. The molecule has 0 atom stereocenters. The van der Waals surface area contributed by atoms with Crippen LogP contribution in [0.3, 0.4) is 0 Å². The predicted octanol–water partition coefficient (Wildman–Crippen LogP) is 2.06. The molecule has 0 spiro atoms. The quantitative estimate of drug-likeness (QED) is 0.284. The van der Waals surface area contributed by atoms with Crippen LogP contribution in [0.1, 0.15) is 28.8 Å². The van der Waals surface area contributed by atoms with Crippen molar-refractivity contribution in [1.29, 1.82) is 0 Å². The zero-order chi connectivity index (χ0) is 19.8. The Morgan fingerprint density at radius 3 is 2.39 bits per heavy atom. The maximum absolute atomic E-state index is 11.9. The van der Waals surface area contributed by atoms with E-state index in [0.717, 1.165) is 37.5 Å². The van der Waals surface area contributed by atoms with Crippen molar-refractivity contribution in [2.45, 2.75) is 19.4 Å². The van der Waals surface area contributed by atoms with Gasteiger partial charge in [-0.25, -0.2) is 4.79 Å². The number of benzene rings is 1. The second kappa shape index (κ2) is 11.7. The minimum atomic E-state index is -0.442. The van der Waals surface area contributed by atoms with Crippen LogP contribution in [0.2, 0.25) is 0 Å². The number of carbonyl (C=O) groups is 2. The van der Waals surface area contributed by atoms with Gasteiger partial charge in [-0.2, -0.15) is 0 Å². The van der Waals surface area contributed by atoms with Crippen LogP contribution in [0.5, 0.6) is 5.75 Å². The van der Waals surface area contributed by atoms with Crippen molar-refractivity contribution in [2.75, 3.05) is 41.5 Å². The van der Waals surface area contributed by atoms with Crippen LogP contribution in [0.15, 0.2) is 23.2 Å². The maximum atomic E-state index is 11.9. The standard InChI is InChI=1S/C19H27N3O5.HI/c1-20-19(22-9-7-14(8-10-22)17(23)26-3)21-12-13-5-6-16(25-2)15(11-13)18(24)27-4;/h5-6,11,14H,7-10,12H2,1-4H3,(H,20,21);1H. The molecule has 0 aromatic heterocycles. The molecule has 0 bridgehead atoms. The van der Waals surface area contributed by atoms with Gasteiger partial charge in [0.1, 0.15) is 11.3 Å². The van der Waals surface area contributed by atoms with Crippen molar-refractivity contribution in [1.82, 2.24) is 10.2 Å². The predicted molar refractivity (Wildman–Crippen MR) is 116 cm³/mol. The van der Waals surface area contributed by atoms with Crippen molar-refractivity contribution < 1.29 is 23.8 Å². The Morgan fingerprint density at radius 1 is 1.18 bits per heavy atom. The van der Waals surface area contributed by atoms with Crippen LogP contribution in [0, 0.1) is 5.92 Å². The molecular formula is C19H28IN3O5. The van der Waals surface area contributed by atoms with Gasteiger partial charge in [0.05, 0.1) is 27.2 Å². The summed E-state index contributed by atoms with van der Waals surface area (Å²) in [6, 6.07) is 5.37. The van der Waals surface area contributed by atoms with Crippen LogP contribution < -0.4 is 10.1 Å². The topological polar surface area (TPSA) is 89.5 Å². The van der Waals surface area contributed by atoms with E-state index in [1.807, 2.05) is 6.07 Å². The molecule has 9 heteroatoms. The smallest absolute Gasteiger partial charge is 0.341 e. The van der Waals surface area contributed by atoms with Gasteiger partial charge < -0.3 is 24.4 Å². The van der Waals surface area contributed by atoms with E-state index < -0.39 is 5.97 Å². The first-order valence-electron chi connectivity index (χ1n) is 8.82. The van der Waals surface area contributed by atoms with Gasteiger partial charge in [0, 0.05) is 26.7 Å². The van der Waals surface area contributed by atoms with Crippen LogP contribution in [0.25, 0.3) is 0 Å².